The predicted molar refractivity (Wildman–Crippen MR) is 67.0 cm³/mol. The molecule has 6 nitrogen and oxygen atoms in total. The van der Waals surface area contributed by atoms with Crippen LogP contribution in [0.25, 0.3) is 0 Å². The van der Waals surface area contributed by atoms with Gasteiger partial charge in [-0.15, -0.1) is 0 Å². The maximum atomic E-state index is 11.8. The summed E-state index contributed by atoms with van der Waals surface area (Å²) in [6.07, 6.45) is 1.30. The second kappa shape index (κ2) is 5.59. The van der Waals surface area contributed by atoms with E-state index in [9.17, 15) is 9.59 Å². The molecule has 0 aliphatic carbocycles. The van der Waals surface area contributed by atoms with Crippen molar-refractivity contribution in [2.24, 2.45) is 11.1 Å². The number of nitrogens with zero attached hydrogens (tertiary/aromatic N) is 1. The van der Waals surface area contributed by atoms with Gasteiger partial charge in [0.1, 0.15) is 0 Å². The van der Waals surface area contributed by atoms with Crippen molar-refractivity contribution >= 4 is 17.6 Å². The van der Waals surface area contributed by atoms with Crippen molar-refractivity contribution in [1.29, 1.82) is 0 Å². The van der Waals surface area contributed by atoms with Crippen molar-refractivity contribution in [1.82, 2.24) is 4.98 Å². The number of hydrogen-bond donors (Lipinski definition) is 3. The zero-order valence-corrected chi connectivity index (χ0v) is 10.4. The Morgan fingerprint density at radius 2 is 2.11 bits per heavy atom. The number of anilines is 1. The molecule has 0 aromatic carbocycles. The van der Waals surface area contributed by atoms with E-state index in [1.165, 1.54) is 6.20 Å². The van der Waals surface area contributed by atoms with Crippen molar-refractivity contribution in [3.8, 4) is 0 Å². The number of pyridine rings is 1. The minimum absolute atomic E-state index is 0.136. The van der Waals surface area contributed by atoms with Crippen LogP contribution in [0.3, 0.4) is 0 Å². The molecule has 1 aromatic rings. The smallest absolute Gasteiger partial charge is 0.309 e. The molecule has 6 heteroatoms. The van der Waals surface area contributed by atoms with Gasteiger partial charge in [0.15, 0.2) is 0 Å². The van der Waals surface area contributed by atoms with Crippen molar-refractivity contribution in [2.45, 2.75) is 20.3 Å². The van der Waals surface area contributed by atoms with Crippen LogP contribution in [0.4, 0.5) is 5.69 Å². The van der Waals surface area contributed by atoms with Crippen LogP contribution in [-0.2, 0) is 16.0 Å². The van der Waals surface area contributed by atoms with E-state index in [-0.39, 0.29) is 18.9 Å². The second-order valence-corrected chi connectivity index (χ2v) is 4.65. The maximum Gasteiger partial charge on any atom is 0.309 e. The molecule has 0 atom stereocenters. The number of carboxylic acids is 1. The van der Waals surface area contributed by atoms with Crippen LogP contribution < -0.4 is 11.1 Å². The zero-order chi connectivity index (χ0) is 13.8. The molecule has 98 valence electrons. The molecule has 0 unspecified atom stereocenters. The molecule has 4 N–H and O–H groups in total. The largest absolute Gasteiger partial charge is 0.481 e. The molecule has 0 aliphatic heterocycles. The van der Waals surface area contributed by atoms with Gasteiger partial charge in [-0.3, -0.25) is 14.6 Å². The molecule has 0 aliphatic rings. The number of rotatable bonds is 5. The van der Waals surface area contributed by atoms with Gasteiger partial charge >= 0.3 is 5.97 Å². The third kappa shape index (κ3) is 3.81. The summed E-state index contributed by atoms with van der Waals surface area (Å²) in [5, 5.41) is 11.3. The third-order valence-electron chi connectivity index (χ3n) is 2.54. The molecule has 0 fully saturated rings. The van der Waals surface area contributed by atoms with Crippen molar-refractivity contribution in [3.63, 3.8) is 0 Å². The minimum atomic E-state index is -0.941. The Kier molecular flexibility index (Phi) is 4.38. The molecular formula is C12H17N3O3. The highest BCUT2D eigenvalue weighted by Gasteiger charge is 2.25. The van der Waals surface area contributed by atoms with E-state index in [1.54, 1.807) is 26.0 Å². The first-order chi connectivity index (χ1) is 8.35. The van der Waals surface area contributed by atoms with Gasteiger partial charge in [-0.2, -0.15) is 0 Å². The van der Waals surface area contributed by atoms with Crippen molar-refractivity contribution < 1.29 is 14.7 Å². The maximum absolute atomic E-state index is 11.8. The molecule has 0 bridgehead atoms. The lowest BCUT2D eigenvalue weighted by Gasteiger charge is -2.21. The van der Waals surface area contributed by atoms with E-state index in [1.807, 2.05) is 0 Å². The van der Waals surface area contributed by atoms with Gasteiger partial charge in [0.25, 0.3) is 0 Å². The van der Waals surface area contributed by atoms with Gasteiger partial charge in [0, 0.05) is 6.54 Å². The van der Waals surface area contributed by atoms with Crippen molar-refractivity contribution in [2.75, 3.05) is 11.9 Å². The van der Waals surface area contributed by atoms with E-state index in [4.69, 9.17) is 10.8 Å². The number of hydrogen-bond acceptors (Lipinski definition) is 4. The third-order valence-corrected chi connectivity index (χ3v) is 2.54. The topological polar surface area (TPSA) is 105 Å². The van der Waals surface area contributed by atoms with E-state index in [2.05, 4.69) is 10.3 Å². The number of carboxylic acid groups (broad SMARTS) is 1. The van der Waals surface area contributed by atoms with Gasteiger partial charge in [0.05, 0.1) is 29.4 Å². The van der Waals surface area contributed by atoms with Crippen LogP contribution in [0, 0.1) is 5.41 Å². The Morgan fingerprint density at radius 3 is 2.56 bits per heavy atom. The lowest BCUT2D eigenvalue weighted by molar-refractivity contribution is -0.136. The fourth-order valence-corrected chi connectivity index (χ4v) is 1.15. The van der Waals surface area contributed by atoms with E-state index >= 15 is 0 Å². The predicted octanol–water partition coefficient (Wildman–Crippen LogP) is 0.632. The molecule has 0 spiro atoms. The summed E-state index contributed by atoms with van der Waals surface area (Å²) in [4.78, 5) is 26.2. The molecule has 0 saturated heterocycles. The van der Waals surface area contributed by atoms with Crippen LogP contribution in [0.2, 0.25) is 0 Å². The van der Waals surface area contributed by atoms with Crippen LogP contribution in [0.15, 0.2) is 18.3 Å². The van der Waals surface area contributed by atoms with Crippen LogP contribution in [0.5, 0.6) is 0 Å². The number of carbonyl (C=O) groups is 2. The highest BCUT2D eigenvalue weighted by atomic mass is 16.4. The molecule has 0 saturated carbocycles. The Labute approximate surface area is 105 Å². The first-order valence-corrected chi connectivity index (χ1v) is 5.53. The number of nitrogens with one attached hydrogen (secondary N) is 1. The van der Waals surface area contributed by atoms with Crippen LogP contribution in [0.1, 0.15) is 19.5 Å². The monoisotopic (exact) mass is 251 g/mol. The highest BCUT2D eigenvalue weighted by Crippen LogP contribution is 2.16. The Balaban J connectivity index is 2.69. The van der Waals surface area contributed by atoms with Gasteiger partial charge in [-0.05, 0) is 26.0 Å². The minimum Gasteiger partial charge on any atom is -0.481 e. The van der Waals surface area contributed by atoms with E-state index < -0.39 is 11.4 Å². The van der Waals surface area contributed by atoms with Gasteiger partial charge in [-0.1, -0.05) is 0 Å². The summed E-state index contributed by atoms with van der Waals surface area (Å²) in [7, 11) is 0. The molecule has 1 heterocycles. The van der Waals surface area contributed by atoms with Gasteiger partial charge < -0.3 is 16.2 Å². The highest BCUT2D eigenvalue weighted by molar-refractivity contribution is 5.94. The lowest BCUT2D eigenvalue weighted by Crippen LogP contribution is -2.37. The summed E-state index contributed by atoms with van der Waals surface area (Å²) in [6.45, 7) is 3.73. The van der Waals surface area contributed by atoms with Gasteiger partial charge in [-0.25, -0.2) is 0 Å². The number of aromatic nitrogens is 1. The quantitative estimate of drug-likeness (QED) is 0.712. The average molecular weight is 251 g/mol. The molecule has 0 radical (unpaired) electrons. The lowest BCUT2D eigenvalue weighted by atomic mass is 9.92. The normalized spacial score (nSPS) is 11.1. The SMILES string of the molecule is CC(C)(CN)C(=O)Nc1ccc(CC(=O)O)nc1. The number of aliphatic carboxylic acids is 1. The van der Waals surface area contributed by atoms with Crippen LogP contribution >= 0.6 is 0 Å². The summed E-state index contributed by atoms with van der Waals surface area (Å²) in [5.74, 6) is -1.14. The molecular weight excluding hydrogens is 234 g/mol. The summed E-state index contributed by atoms with van der Waals surface area (Å²) < 4.78 is 0. The van der Waals surface area contributed by atoms with Crippen LogP contribution in [-0.4, -0.2) is 28.5 Å². The van der Waals surface area contributed by atoms with E-state index in [0.29, 0.717) is 11.4 Å². The number of nitrogens with two attached hydrogens (primary N) is 1. The Bertz CT molecular complexity index is 440. The summed E-state index contributed by atoms with van der Waals surface area (Å²) >= 11 is 0. The zero-order valence-electron chi connectivity index (χ0n) is 10.4. The Morgan fingerprint density at radius 1 is 1.44 bits per heavy atom. The van der Waals surface area contributed by atoms with Gasteiger partial charge in [0.2, 0.25) is 5.91 Å². The number of amides is 1. The second-order valence-electron chi connectivity index (χ2n) is 4.65. The number of carbonyl (C=O) groups excluding carboxylic acids is 1. The molecule has 18 heavy (non-hydrogen) atoms. The summed E-state index contributed by atoms with van der Waals surface area (Å²) in [5.41, 5.74) is 5.81. The average Bonchev–Trinajstić information content (AvgIpc) is 2.31. The Hall–Kier alpha value is -1.95. The van der Waals surface area contributed by atoms with Crippen molar-refractivity contribution in [3.05, 3.63) is 24.0 Å². The molecule has 1 rings (SSSR count). The first kappa shape index (κ1) is 14.1. The molecule has 1 amide bonds. The first-order valence-electron chi connectivity index (χ1n) is 5.53. The van der Waals surface area contributed by atoms with E-state index in [0.717, 1.165) is 0 Å². The molecule has 1 aromatic heterocycles. The summed E-state index contributed by atoms with van der Waals surface area (Å²) in [6, 6.07) is 3.19. The fraction of sp³-hybridized carbons (Fsp3) is 0.417. The standard InChI is InChI=1S/C12H17N3O3/c1-12(2,7-13)11(18)15-9-4-3-8(14-6-9)5-10(16)17/h3-4,6H,5,7,13H2,1-2H3,(H,15,18)(H,16,17). The fourth-order valence-electron chi connectivity index (χ4n) is 1.15.